The summed E-state index contributed by atoms with van der Waals surface area (Å²) in [5, 5.41) is 2.99. The molecular formula is C6H15BClN2O. The quantitative estimate of drug-likeness (QED) is 0.335. The van der Waals surface area contributed by atoms with E-state index in [1.54, 1.807) is 14.7 Å². The summed E-state index contributed by atoms with van der Waals surface area (Å²) in [7, 11) is 5.24. The summed E-state index contributed by atoms with van der Waals surface area (Å²) >= 11 is 5.54. The van der Waals surface area contributed by atoms with Gasteiger partial charge in [0.25, 0.3) is 0 Å². The minimum absolute atomic E-state index is 0.685. The molecule has 0 saturated carbocycles. The second-order valence-electron chi connectivity index (χ2n) is 2.30. The Morgan fingerprint density at radius 2 is 2.27 bits per heavy atom. The van der Waals surface area contributed by atoms with Crippen LogP contribution in [0.2, 0.25) is 0 Å². The zero-order valence-corrected chi connectivity index (χ0v) is 7.90. The maximum Gasteiger partial charge on any atom is 0.395 e. The summed E-state index contributed by atoms with van der Waals surface area (Å²) in [5.41, 5.74) is 0. The van der Waals surface area contributed by atoms with Gasteiger partial charge in [-0.1, -0.05) is 0 Å². The first-order valence-corrected chi connectivity index (χ1v) is 4.17. The Balaban J connectivity index is 2.97. The molecule has 0 spiro atoms. The van der Waals surface area contributed by atoms with Crippen LogP contribution >= 0.6 is 11.6 Å². The normalized spacial score (nSPS) is 10.5. The molecule has 0 bridgehead atoms. The predicted octanol–water partition coefficient (Wildman–Crippen LogP) is -0.0728. The maximum atomic E-state index is 5.54. The van der Waals surface area contributed by atoms with Gasteiger partial charge < -0.3 is 14.8 Å². The Hall–Kier alpha value is 0.235. The zero-order valence-electron chi connectivity index (χ0n) is 7.14. The lowest BCUT2D eigenvalue weighted by molar-refractivity contribution is 0.354. The number of alkyl halides is 1. The van der Waals surface area contributed by atoms with Crippen LogP contribution in [0.1, 0.15) is 0 Å². The van der Waals surface area contributed by atoms with E-state index in [-0.39, 0.29) is 0 Å². The molecule has 1 N–H and O–H groups in total. The fraction of sp³-hybridized carbons (Fsp3) is 1.00. The molecule has 0 amide bonds. The van der Waals surface area contributed by atoms with Crippen LogP contribution in [0.25, 0.3) is 0 Å². The summed E-state index contributed by atoms with van der Waals surface area (Å²) in [6.07, 6.45) is 0. The Kier molecular flexibility index (Phi) is 8.51. The van der Waals surface area contributed by atoms with E-state index in [0.717, 1.165) is 19.6 Å². The van der Waals surface area contributed by atoms with Crippen LogP contribution in [-0.2, 0) is 4.65 Å². The molecule has 3 nitrogen and oxygen atoms in total. The van der Waals surface area contributed by atoms with Gasteiger partial charge in [-0.05, 0) is 13.6 Å². The van der Waals surface area contributed by atoms with Gasteiger partial charge in [0.1, 0.15) is 0 Å². The van der Waals surface area contributed by atoms with Gasteiger partial charge in [0.05, 0.1) is 0 Å². The average molecular weight is 177 g/mol. The zero-order chi connectivity index (χ0) is 8.53. The van der Waals surface area contributed by atoms with Crippen molar-refractivity contribution in [3.63, 3.8) is 0 Å². The lowest BCUT2D eigenvalue weighted by Crippen LogP contribution is -2.32. The Bertz CT molecular complexity index is 87.0. The van der Waals surface area contributed by atoms with E-state index in [1.165, 1.54) is 0 Å². The van der Waals surface area contributed by atoms with Crippen LogP contribution in [0.15, 0.2) is 0 Å². The third-order valence-corrected chi connectivity index (χ3v) is 1.47. The van der Waals surface area contributed by atoms with Gasteiger partial charge in [-0.3, -0.25) is 0 Å². The predicted molar refractivity (Wildman–Crippen MR) is 49.0 cm³/mol. The van der Waals surface area contributed by atoms with Crippen LogP contribution < -0.4 is 5.23 Å². The van der Waals surface area contributed by atoms with Gasteiger partial charge in [0, 0.05) is 26.1 Å². The smallest absolute Gasteiger partial charge is 0.395 e. The van der Waals surface area contributed by atoms with Gasteiger partial charge in [-0.2, -0.15) is 0 Å². The molecule has 0 aliphatic carbocycles. The first-order valence-electron chi connectivity index (χ1n) is 3.63. The topological polar surface area (TPSA) is 24.5 Å². The van der Waals surface area contributed by atoms with Crippen molar-refractivity contribution < 1.29 is 4.65 Å². The van der Waals surface area contributed by atoms with Gasteiger partial charge in [-0.25, -0.2) is 0 Å². The number of nitrogens with zero attached hydrogens (tertiary/aromatic N) is 1. The van der Waals surface area contributed by atoms with Crippen LogP contribution in [0.4, 0.5) is 0 Å². The van der Waals surface area contributed by atoms with E-state index in [1.807, 2.05) is 7.05 Å². The number of nitrogens with one attached hydrogen (secondary N) is 1. The molecule has 0 saturated heterocycles. The fourth-order valence-electron chi connectivity index (χ4n) is 0.654. The van der Waals surface area contributed by atoms with Gasteiger partial charge in [0.2, 0.25) is 0 Å². The molecule has 0 aromatic rings. The molecule has 11 heavy (non-hydrogen) atoms. The monoisotopic (exact) mass is 177 g/mol. The number of hydrogen-bond acceptors (Lipinski definition) is 3. The molecule has 0 rings (SSSR count). The Morgan fingerprint density at radius 3 is 2.82 bits per heavy atom. The molecule has 5 heteroatoms. The summed E-state index contributed by atoms with van der Waals surface area (Å²) in [6.45, 7) is 2.80. The van der Waals surface area contributed by atoms with Crippen molar-refractivity contribution >= 4 is 19.2 Å². The molecule has 65 valence electrons. The van der Waals surface area contributed by atoms with Crippen molar-refractivity contribution in [2.24, 2.45) is 0 Å². The molecule has 0 unspecified atom stereocenters. The number of rotatable bonds is 7. The molecule has 0 aromatic heterocycles. The summed E-state index contributed by atoms with van der Waals surface area (Å²) in [5.74, 6) is 0.685. The molecule has 0 heterocycles. The van der Waals surface area contributed by atoms with Crippen molar-refractivity contribution in [1.82, 2.24) is 10.1 Å². The molecule has 0 aliphatic heterocycles. The molecule has 0 fully saturated rings. The van der Waals surface area contributed by atoms with Crippen LogP contribution in [0.3, 0.4) is 0 Å². The summed E-state index contributed by atoms with van der Waals surface area (Å²) in [6, 6.07) is 0. The van der Waals surface area contributed by atoms with E-state index in [4.69, 9.17) is 16.3 Å². The van der Waals surface area contributed by atoms with Crippen LogP contribution in [-0.4, -0.2) is 52.2 Å². The highest BCUT2D eigenvalue weighted by Gasteiger charge is 1.95. The standard InChI is InChI=1S/C6H15BClN2O/c1-10(5-3-8)6-4-9-7-11-2/h9H,3-6H2,1-2H3. The second kappa shape index (κ2) is 8.33. The van der Waals surface area contributed by atoms with Gasteiger partial charge in [-0.15, -0.1) is 11.6 Å². The SMILES string of the molecule is CO[B]NCCN(C)CCCl. The Labute approximate surface area is 74.3 Å². The van der Waals surface area contributed by atoms with Crippen molar-refractivity contribution in [3.8, 4) is 0 Å². The average Bonchev–Trinajstić information content (AvgIpc) is 1.99. The van der Waals surface area contributed by atoms with E-state index < -0.39 is 0 Å². The fourth-order valence-corrected chi connectivity index (χ4v) is 0.942. The van der Waals surface area contributed by atoms with Crippen LogP contribution in [0.5, 0.6) is 0 Å². The van der Waals surface area contributed by atoms with Crippen molar-refractivity contribution in [2.75, 3.05) is 39.7 Å². The van der Waals surface area contributed by atoms with E-state index in [2.05, 4.69) is 10.1 Å². The Morgan fingerprint density at radius 1 is 1.55 bits per heavy atom. The molecule has 0 atom stereocenters. The highest BCUT2D eigenvalue weighted by atomic mass is 35.5. The molecule has 0 aliphatic rings. The first-order chi connectivity index (χ1) is 5.31. The lowest BCUT2D eigenvalue weighted by Gasteiger charge is -2.14. The van der Waals surface area contributed by atoms with Crippen molar-refractivity contribution in [1.29, 1.82) is 0 Å². The number of likely N-dealkylation sites (N-methyl/N-ethyl adjacent to an activating group) is 1. The maximum absolute atomic E-state index is 5.54. The molecular weight excluding hydrogens is 162 g/mol. The summed E-state index contributed by atoms with van der Waals surface area (Å²) < 4.78 is 4.70. The number of halogens is 1. The second-order valence-corrected chi connectivity index (χ2v) is 2.68. The first kappa shape index (κ1) is 11.2. The van der Waals surface area contributed by atoms with E-state index in [9.17, 15) is 0 Å². The number of hydrogen-bond donors (Lipinski definition) is 1. The highest BCUT2D eigenvalue weighted by molar-refractivity contribution is 6.23. The van der Waals surface area contributed by atoms with Crippen molar-refractivity contribution in [3.05, 3.63) is 0 Å². The highest BCUT2D eigenvalue weighted by Crippen LogP contribution is 1.82. The van der Waals surface area contributed by atoms with Crippen LogP contribution in [0, 0.1) is 0 Å². The third-order valence-electron chi connectivity index (χ3n) is 1.31. The summed E-state index contributed by atoms with van der Waals surface area (Å²) in [4.78, 5) is 2.16. The van der Waals surface area contributed by atoms with Crippen molar-refractivity contribution in [2.45, 2.75) is 0 Å². The minimum atomic E-state index is 0.685. The largest absolute Gasteiger partial charge is 0.427 e. The van der Waals surface area contributed by atoms with E-state index >= 15 is 0 Å². The minimum Gasteiger partial charge on any atom is -0.427 e. The van der Waals surface area contributed by atoms with Gasteiger partial charge >= 0.3 is 7.62 Å². The molecule has 0 aromatic carbocycles. The van der Waals surface area contributed by atoms with E-state index in [0.29, 0.717) is 5.88 Å². The third kappa shape index (κ3) is 8.14. The van der Waals surface area contributed by atoms with Gasteiger partial charge in [0.15, 0.2) is 0 Å². The molecule has 1 radical (unpaired) electrons. The lowest BCUT2D eigenvalue weighted by atomic mass is 10.3.